The van der Waals surface area contributed by atoms with Gasteiger partial charge < -0.3 is 13.9 Å². The summed E-state index contributed by atoms with van der Waals surface area (Å²) in [5, 5.41) is 20.7. The van der Waals surface area contributed by atoms with Crippen molar-refractivity contribution in [3.8, 4) is 28.9 Å². The van der Waals surface area contributed by atoms with E-state index in [0.29, 0.717) is 39.7 Å². The molecule has 3 rings (SSSR count). The lowest BCUT2D eigenvalue weighted by molar-refractivity contribution is -0.384. The van der Waals surface area contributed by atoms with E-state index in [2.05, 4.69) is 6.07 Å². The zero-order chi connectivity index (χ0) is 21.0. The number of methoxy groups -OCH3 is 2. The number of halogens is 1. The fourth-order valence-electron chi connectivity index (χ4n) is 2.72. The van der Waals surface area contributed by atoms with Crippen molar-refractivity contribution in [1.82, 2.24) is 0 Å². The summed E-state index contributed by atoms with van der Waals surface area (Å²) in [4.78, 5) is 10.5. The van der Waals surface area contributed by atoms with Crippen molar-refractivity contribution in [3.63, 3.8) is 0 Å². The van der Waals surface area contributed by atoms with Crippen LogP contribution in [0.1, 0.15) is 11.3 Å². The van der Waals surface area contributed by atoms with Gasteiger partial charge in [-0.25, -0.2) is 0 Å². The maximum absolute atomic E-state index is 11.1. The molecule has 0 amide bonds. The average molecular weight is 411 g/mol. The second-order valence-electron chi connectivity index (χ2n) is 5.86. The Kier molecular flexibility index (Phi) is 5.86. The number of ether oxygens (including phenoxy) is 2. The first-order chi connectivity index (χ1) is 14.0. The van der Waals surface area contributed by atoms with Gasteiger partial charge in [0.15, 0.2) is 11.5 Å². The van der Waals surface area contributed by atoms with Crippen LogP contribution in [0.2, 0.25) is 5.02 Å². The molecule has 0 aliphatic heterocycles. The van der Waals surface area contributed by atoms with Crippen LogP contribution in [-0.4, -0.2) is 19.1 Å². The molecule has 0 bridgehead atoms. The molecule has 0 saturated carbocycles. The number of allylic oxidation sites excluding steroid dienone is 1. The highest BCUT2D eigenvalue weighted by molar-refractivity contribution is 6.32. The van der Waals surface area contributed by atoms with Gasteiger partial charge in [0.2, 0.25) is 0 Å². The molecule has 3 aromatic rings. The first kappa shape index (κ1) is 20.0. The number of furan rings is 1. The Hall–Kier alpha value is -3.76. The van der Waals surface area contributed by atoms with Crippen LogP contribution in [0, 0.1) is 21.4 Å². The lowest BCUT2D eigenvalue weighted by Crippen LogP contribution is -1.92. The minimum absolute atomic E-state index is 0.0469. The molecule has 0 unspecified atom stereocenters. The molecule has 0 aliphatic carbocycles. The minimum atomic E-state index is -0.555. The van der Waals surface area contributed by atoms with Gasteiger partial charge in [0, 0.05) is 11.6 Å². The molecule has 0 atom stereocenters. The van der Waals surface area contributed by atoms with Gasteiger partial charge in [0.05, 0.1) is 30.8 Å². The summed E-state index contributed by atoms with van der Waals surface area (Å²) in [5.74, 6) is 1.89. The molecule has 0 radical (unpaired) electrons. The normalized spacial score (nSPS) is 11.0. The van der Waals surface area contributed by atoms with E-state index in [9.17, 15) is 15.4 Å². The lowest BCUT2D eigenvalue weighted by atomic mass is 10.1. The van der Waals surface area contributed by atoms with E-state index in [1.165, 1.54) is 26.4 Å². The molecule has 2 aromatic carbocycles. The number of benzene rings is 2. The molecule has 29 heavy (non-hydrogen) atoms. The molecule has 1 aromatic heterocycles. The van der Waals surface area contributed by atoms with Crippen LogP contribution in [-0.2, 0) is 0 Å². The first-order valence-electron chi connectivity index (χ1n) is 8.35. The number of nitrogens with zero attached hydrogens (tertiary/aromatic N) is 2. The van der Waals surface area contributed by atoms with Crippen molar-refractivity contribution in [2.75, 3.05) is 14.2 Å². The van der Waals surface area contributed by atoms with Crippen LogP contribution in [0.25, 0.3) is 23.0 Å². The molecule has 7 nitrogen and oxygen atoms in total. The zero-order valence-corrected chi connectivity index (χ0v) is 16.3. The van der Waals surface area contributed by atoms with E-state index in [4.69, 9.17) is 25.5 Å². The standard InChI is InChI=1S/C21H15ClN2O5/c1-27-20-7-4-13(11-21(20)28-2)15(12-23)9-16-5-8-19(29-16)14-3-6-17(22)18(10-14)24(25)26/h3-11H,1-2H3. The third-order valence-corrected chi connectivity index (χ3v) is 4.48. The molecule has 146 valence electrons. The molecule has 1 heterocycles. The van der Waals surface area contributed by atoms with E-state index in [-0.39, 0.29) is 10.7 Å². The van der Waals surface area contributed by atoms with Crippen molar-refractivity contribution in [2.45, 2.75) is 0 Å². The van der Waals surface area contributed by atoms with Gasteiger partial charge >= 0.3 is 0 Å². The van der Waals surface area contributed by atoms with E-state index in [1.54, 1.807) is 42.5 Å². The van der Waals surface area contributed by atoms with Crippen molar-refractivity contribution in [2.24, 2.45) is 0 Å². The Bertz CT molecular complexity index is 1140. The van der Waals surface area contributed by atoms with Crippen LogP contribution >= 0.6 is 11.6 Å². The molecule has 0 spiro atoms. The van der Waals surface area contributed by atoms with Gasteiger partial charge in [0.25, 0.3) is 5.69 Å². The second kappa shape index (κ2) is 8.50. The topological polar surface area (TPSA) is 98.5 Å². The zero-order valence-electron chi connectivity index (χ0n) is 15.5. The van der Waals surface area contributed by atoms with Crippen molar-refractivity contribution in [1.29, 1.82) is 5.26 Å². The average Bonchev–Trinajstić information content (AvgIpc) is 3.20. The Morgan fingerprint density at radius 3 is 2.55 bits per heavy atom. The second-order valence-corrected chi connectivity index (χ2v) is 6.27. The quantitative estimate of drug-likeness (QED) is 0.298. The van der Waals surface area contributed by atoms with Crippen LogP contribution in [0.4, 0.5) is 5.69 Å². The predicted molar refractivity (Wildman–Crippen MR) is 109 cm³/mol. The smallest absolute Gasteiger partial charge is 0.288 e. The van der Waals surface area contributed by atoms with E-state index in [1.807, 2.05) is 0 Å². The Balaban J connectivity index is 1.96. The predicted octanol–water partition coefficient (Wildman–Crippen LogP) is 5.59. The Morgan fingerprint density at radius 1 is 1.14 bits per heavy atom. The summed E-state index contributed by atoms with van der Waals surface area (Å²) in [6.07, 6.45) is 1.58. The van der Waals surface area contributed by atoms with E-state index >= 15 is 0 Å². The van der Waals surface area contributed by atoms with Crippen molar-refractivity contribution in [3.05, 3.63) is 75.0 Å². The number of hydrogen-bond acceptors (Lipinski definition) is 6. The van der Waals surface area contributed by atoms with Crippen molar-refractivity contribution >= 4 is 28.9 Å². The molecule has 0 aliphatic rings. The third-order valence-electron chi connectivity index (χ3n) is 4.16. The molecule has 0 saturated heterocycles. The van der Waals surface area contributed by atoms with Gasteiger partial charge in [-0.3, -0.25) is 10.1 Å². The van der Waals surface area contributed by atoms with Crippen LogP contribution in [0.3, 0.4) is 0 Å². The summed E-state index contributed by atoms with van der Waals surface area (Å²) >= 11 is 5.85. The first-order valence-corrected chi connectivity index (χ1v) is 8.73. The Morgan fingerprint density at radius 2 is 1.90 bits per heavy atom. The highest BCUT2D eigenvalue weighted by Crippen LogP contribution is 2.33. The van der Waals surface area contributed by atoms with Crippen LogP contribution in [0.15, 0.2) is 52.9 Å². The molecular weight excluding hydrogens is 396 g/mol. The third kappa shape index (κ3) is 4.23. The van der Waals surface area contributed by atoms with Gasteiger partial charge in [-0.15, -0.1) is 0 Å². The molecule has 0 fully saturated rings. The van der Waals surface area contributed by atoms with E-state index < -0.39 is 4.92 Å². The SMILES string of the molecule is COc1ccc(C(C#N)=Cc2ccc(-c3ccc(Cl)c([N+](=O)[O-])c3)o2)cc1OC. The maximum Gasteiger partial charge on any atom is 0.288 e. The van der Waals surface area contributed by atoms with Gasteiger partial charge in [0.1, 0.15) is 16.5 Å². The number of nitriles is 1. The summed E-state index contributed by atoms with van der Waals surface area (Å²) < 4.78 is 16.2. The summed E-state index contributed by atoms with van der Waals surface area (Å²) in [6, 6.07) is 15.0. The van der Waals surface area contributed by atoms with Crippen LogP contribution in [0.5, 0.6) is 11.5 Å². The number of hydrogen-bond donors (Lipinski definition) is 0. The Labute approximate surface area is 171 Å². The highest BCUT2D eigenvalue weighted by atomic mass is 35.5. The molecule has 8 heteroatoms. The number of nitro benzene ring substituents is 1. The van der Waals surface area contributed by atoms with Crippen LogP contribution < -0.4 is 9.47 Å². The van der Waals surface area contributed by atoms with Gasteiger partial charge in [-0.05, 0) is 54.1 Å². The maximum atomic E-state index is 11.1. The largest absolute Gasteiger partial charge is 0.493 e. The van der Waals surface area contributed by atoms with Gasteiger partial charge in [-0.1, -0.05) is 11.6 Å². The molecular formula is C21H15ClN2O5. The minimum Gasteiger partial charge on any atom is -0.493 e. The van der Waals surface area contributed by atoms with Crippen molar-refractivity contribution < 1.29 is 18.8 Å². The fraction of sp³-hybridized carbons (Fsp3) is 0.0952. The fourth-order valence-corrected chi connectivity index (χ4v) is 2.90. The monoisotopic (exact) mass is 410 g/mol. The molecule has 0 N–H and O–H groups in total. The lowest BCUT2D eigenvalue weighted by Gasteiger charge is -2.08. The number of nitro groups is 1. The summed E-state index contributed by atoms with van der Waals surface area (Å²) in [5.41, 5.74) is 1.28. The summed E-state index contributed by atoms with van der Waals surface area (Å²) in [6.45, 7) is 0. The highest BCUT2D eigenvalue weighted by Gasteiger charge is 2.15. The summed E-state index contributed by atoms with van der Waals surface area (Å²) in [7, 11) is 3.05. The van der Waals surface area contributed by atoms with E-state index in [0.717, 1.165) is 0 Å². The van der Waals surface area contributed by atoms with Gasteiger partial charge in [-0.2, -0.15) is 5.26 Å². The number of rotatable bonds is 6.